The largest absolute Gasteiger partial charge is 2.00 e. The van der Waals surface area contributed by atoms with Crippen LogP contribution in [0.4, 0.5) is 0 Å². The van der Waals surface area contributed by atoms with Gasteiger partial charge in [-0.3, -0.25) is 7.32 Å². The molecule has 0 aromatic rings. The normalized spacial score (nSPS) is 4.50. The molecule has 0 aliphatic carbocycles. The molecule has 0 aliphatic rings. The van der Waals surface area contributed by atoms with Crippen LogP contribution in [0.5, 0.6) is 0 Å². The first-order valence-electron chi connectivity index (χ1n) is 0.707. The third-order valence-corrected chi connectivity index (χ3v) is 0. The van der Waals surface area contributed by atoms with Crippen LogP contribution in [0.3, 0.4) is 0 Å². The van der Waals surface area contributed by atoms with Gasteiger partial charge in [0, 0.05) is 0 Å². The van der Waals surface area contributed by atoms with E-state index in [0.29, 0.717) is 0 Å². The summed E-state index contributed by atoms with van der Waals surface area (Å²) >= 11 is 0. The van der Waals surface area contributed by atoms with Crippen LogP contribution in [0.1, 0.15) is 0 Å². The summed E-state index contributed by atoms with van der Waals surface area (Å²) in [6, 6.07) is 0. The van der Waals surface area contributed by atoms with Crippen LogP contribution in [-0.4, -0.2) is 7.32 Å². The summed E-state index contributed by atoms with van der Waals surface area (Å²) in [7, 11) is -2.92. The van der Waals surface area contributed by atoms with Gasteiger partial charge in [-0.1, -0.05) is 0 Å². The maximum Gasteiger partial charge on any atom is 2.00 e. The molecule has 3 nitrogen and oxygen atoms in total. The van der Waals surface area contributed by atoms with Crippen molar-refractivity contribution < 1.29 is 61.7 Å². The summed E-state index contributed by atoms with van der Waals surface area (Å²) in [5.74, 6) is 0. The fraction of sp³-hybridized carbons (Fsp3) is 0. The van der Waals surface area contributed by atoms with Crippen LogP contribution in [0.25, 0.3) is 0 Å². The molecule has 0 unspecified atom stereocenters. The van der Waals surface area contributed by atoms with Crippen molar-refractivity contribution in [3.05, 3.63) is 0 Å². The molecule has 1 radical (unpaired) electrons. The van der Waals surface area contributed by atoms with Gasteiger partial charge in [-0.2, -0.15) is 0 Å². The molecule has 0 rings (SSSR count). The molecular formula is BCuNaO3. The van der Waals surface area contributed by atoms with E-state index in [2.05, 4.69) is 0 Å². The molecule has 0 aromatic heterocycles. The summed E-state index contributed by atoms with van der Waals surface area (Å²) in [4.78, 5) is 0. The molecule has 0 amide bonds. The molecule has 0 N–H and O–H groups in total. The molecule has 0 fully saturated rings. The molecule has 33 valence electrons. The summed E-state index contributed by atoms with van der Waals surface area (Å²) in [6.45, 7) is 0. The van der Waals surface area contributed by atoms with E-state index in [1.165, 1.54) is 0 Å². The van der Waals surface area contributed by atoms with E-state index in [-0.39, 0.29) is 46.6 Å². The Kier molecular flexibility index (Phi) is 25.3. The summed E-state index contributed by atoms with van der Waals surface area (Å²) in [5.41, 5.74) is 0. The number of hydrogen-bond acceptors (Lipinski definition) is 3. The van der Waals surface area contributed by atoms with Crippen LogP contribution in [0.2, 0.25) is 0 Å². The van der Waals surface area contributed by atoms with Crippen molar-refractivity contribution in [3.8, 4) is 0 Å². The van der Waals surface area contributed by atoms with Gasteiger partial charge in [0.25, 0.3) is 0 Å². The van der Waals surface area contributed by atoms with Gasteiger partial charge < -0.3 is 15.1 Å². The fourth-order valence-corrected chi connectivity index (χ4v) is 0. The van der Waals surface area contributed by atoms with Gasteiger partial charge in [-0.25, -0.2) is 0 Å². The van der Waals surface area contributed by atoms with Crippen molar-refractivity contribution in [2.75, 3.05) is 0 Å². The standard InChI is InChI=1S/BO3.Cu.Na/c2-1(3)4;;/q-3;+2;+1. The Morgan fingerprint density at radius 3 is 1.00 bits per heavy atom. The smallest absolute Gasteiger partial charge is 0.907 e. The van der Waals surface area contributed by atoms with Crippen molar-refractivity contribution >= 4 is 7.32 Å². The Morgan fingerprint density at radius 2 is 1.00 bits per heavy atom. The van der Waals surface area contributed by atoms with E-state index in [1.54, 1.807) is 0 Å². The van der Waals surface area contributed by atoms with E-state index in [4.69, 9.17) is 15.1 Å². The van der Waals surface area contributed by atoms with Crippen molar-refractivity contribution in [3.63, 3.8) is 0 Å². The quantitative estimate of drug-likeness (QED) is 0.318. The first-order chi connectivity index (χ1) is 1.73. The second-order valence-corrected chi connectivity index (χ2v) is 0.289. The summed E-state index contributed by atoms with van der Waals surface area (Å²) in [5, 5.41) is 25.2. The van der Waals surface area contributed by atoms with Gasteiger partial charge in [0.15, 0.2) is 0 Å². The van der Waals surface area contributed by atoms with Crippen LogP contribution in [-0.2, 0) is 17.1 Å². The molecule has 6 heteroatoms. The zero-order valence-electron chi connectivity index (χ0n) is 3.10. The van der Waals surface area contributed by atoms with Crippen molar-refractivity contribution in [1.29, 1.82) is 0 Å². The van der Waals surface area contributed by atoms with Gasteiger partial charge in [0.1, 0.15) is 0 Å². The molecule has 0 aliphatic heterocycles. The fourth-order valence-electron chi connectivity index (χ4n) is 0. The predicted octanol–water partition coefficient (Wildman–Crippen LogP) is -6.95. The van der Waals surface area contributed by atoms with Gasteiger partial charge >= 0.3 is 46.6 Å². The van der Waals surface area contributed by atoms with Gasteiger partial charge in [-0.15, -0.1) is 0 Å². The minimum absolute atomic E-state index is 0. The SMILES string of the molecule is [Cu+2].[Na+].[O-]B([O-])[O-]. The van der Waals surface area contributed by atoms with Crippen molar-refractivity contribution in [2.24, 2.45) is 0 Å². The van der Waals surface area contributed by atoms with Crippen LogP contribution >= 0.6 is 0 Å². The van der Waals surface area contributed by atoms with Gasteiger partial charge in [-0.05, 0) is 0 Å². The average Bonchev–Trinajstić information content (AvgIpc) is 0.811. The van der Waals surface area contributed by atoms with Crippen molar-refractivity contribution in [1.82, 2.24) is 0 Å². The average molecular weight is 145 g/mol. The van der Waals surface area contributed by atoms with Crippen LogP contribution in [0, 0.1) is 0 Å². The zero-order valence-corrected chi connectivity index (χ0v) is 6.05. The Balaban J connectivity index is -0.0000000450. The maximum atomic E-state index is 8.42. The van der Waals surface area contributed by atoms with E-state index in [1.807, 2.05) is 0 Å². The number of rotatable bonds is 0. The third-order valence-electron chi connectivity index (χ3n) is 0. The second-order valence-electron chi connectivity index (χ2n) is 0.289. The van der Waals surface area contributed by atoms with Crippen molar-refractivity contribution in [2.45, 2.75) is 0 Å². The monoisotopic (exact) mass is 145 g/mol. The summed E-state index contributed by atoms with van der Waals surface area (Å²) in [6.07, 6.45) is 0. The van der Waals surface area contributed by atoms with E-state index < -0.39 is 7.32 Å². The topological polar surface area (TPSA) is 69.2 Å². The predicted molar refractivity (Wildman–Crippen MR) is 5.75 cm³/mol. The van der Waals surface area contributed by atoms with Gasteiger partial charge in [0.2, 0.25) is 0 Å². The Bertz CT molecular complexity index is 15.5. The molecule has 0 spiro atoms. The Morgan fingerprint density at radius 1 is 1.00 bits per heavy atom. The number of hydrogen-bond donors (Lipinski definition) is 0. The van der Waals surface area contributed by atoms with E-state index in [9.17, 15) is 0 Å². The van der Waals surface area contributed by atoms with Crippen LogP contribution in [0.15, 0.2) is 0 Å². The summed E-state index contributed by atoms with van der Waals surface area (Å²) < 4.78 is 0. The molecule has 0 saturated heterocycles. The third kappa shape index (κ3) is 50.8. The van der Waals surface area contributed by atoms with Crippen LogP contribution < -0.4 is 44.6 Å². The molecular weight excluding hydrogens is 145 g/mol. The Labute approximate surface area is 68.7 Å². The molecule has 0 aromatic carbocycles. The minimum atomic E-state index is -2.92. The van der Waals surface area contributed by atoms with E-state index >= 15 is 0 Å². The molecule has 0 saturated carbocycles. The first kappa shape index (κ1) is 15.7. The molecule has 6 heavy (non-hydrogen) atoms. The second kappa shape index (κ2) is 9.68. The maximum absolute atomic E-state index is 8.42. The van der Waals surface area contributed by atoms with Gasteiger partial charge in [0.05, 0.1) is 0 Å². The Hall–Kier alpha value is 1.46. The minimum Gasteiger partial charge on any atom is -0.907 e. The molecule has 0 heterocycles. The molecule has 0 bridgehead atoms. The van der Waals surface area contributed by atoms with E-state index in [0.717, 1.165) is 0 Å². The zero-order chi connectivity index (χ0) is 3.58. The molecule has 0 atom stereocenters. The first-order valence-corrected chi connectivity index (χ1v) is 0.707.